The summed E-state index contributed by atoms with van der Waals surface area (Å²) in [5.74, 6) is 0. The molecular weight excluding hydrogens is 158 g/mol. The van der Waals surface area contributed by atoms with Crippen molar-refractivity contribution in [1.29, 1.82) is 0 Å². The predicted molar refractivity (Wildman–Crippen MR) is 44.9 cm³/mol. The minimum atomic E-state index is 0. The highest BCUT2D eigenvalue weighted by atomic mass is 35.5. The number of quaternary nitrogens is 1. The van der Waals surface area contributed by atoms with Crippen LogP contribution in [0.15, 0.2) is 0 Å². The molecule has 1 heterocycles. The molecule has 0 aliphatic carbocycles. The number of hydrogen-bond donors (Lipinski definition) is 0. The normalized spacial score (nSPS) is 36.0. The van der Waals surface area contributed by atoms with Crippen LogP contribution in [0, 0.1) is 0 Å². The number of likely N-dealkylation sites (tertiary alicyclic amines) is 1. The van der Waals surface area contributed by atoms with Gasteiger partial charge in [0.15, 0.2) is 0 Å². The van der Waals surface area contributed by atoms with E-state index in [1.807, 2.05) is 0 Å². The minimum absolute atomic E-state index is 0. The first-order chi connectivity index (χ1) is 4.55. The van der Waals surface area contributed by atoms with Gasteiger partial charge >= 0.3 is 0 Å². The van der Waals surface area contributed by atoms with E-state index in [-0.39, 0.29) is 12.4 Å². The smallest absolute Gasteiger partial charge is 0.0859 e. The largest absolute Gasteiger partial charge is 1.00 e. The highest BCUT2D eigenvalue weighted by molar-refractivity contribution is 4.64. The first-order valence-corrected chi connectivity index (χ1v) is 4.38. The summed E-state index contributed by atoms with van der Waals surface area (Å²) in [7, 11) is 4.71. The summed E-state index contributed by atoms with van der Waals surface area (Å²) in [6.07, 6.45) is 4.26. The van der Waals surface area contributed by atoms with Gasteiger partial charge in [-0.1, -0.05) is 0 Å². The van der Waals surface area contributed by atoms with Crippen molar-refractivity contribution in [3.63, 3.8) is 0 Å². The maximum atomic E-state index is 2.37. The van der Waals surface area contributed by atoms with Gasteiger partial charge in [0.2, 0.25) is 0 Å². The van der Waals surface area contributed by atoms with E-state index in [4.69, 9.17) is 0 Å². The van der Waals surface area contributed by atoms with Crippen LogP contribution in [-0.2, 0) is 0 Å². The Morgan fingerprint density at radius 3 is 1.64 bits per heavy atom. The maximum Gasteiger partial charge on any atom is 0.0859 e. The first kappa shape index (κ1) is 11.2. The monoisotopic (exact) mass is 177 g/mol. The van der Waals surface area contributed by atoms with Crippen LogP contribution in [0.25, 0.3) is 0 Å². The molecule has 1 rings (SSSR count). The topological polar surface area (TPSA) is 0 Å². The molecule has 0 spiro atoms. The zero-order chi connectivity index (χ0) is 7.78. The quantitative estimate of drug-likeness (QED) is 0.418. The fourth-order valence-corrected chi connectivity index (χ4v) is 1.81. The van der Waals surface area contributed by atoms with Crippen LogP contribution >= 0.6 is 0 Å². The molecule has 68 valence electrons. The third-order valence-electron chi connectivity index (χ3n) is 3.52. The van der Waals surface area contributed by atoms with E-state index < -0.39 is 0 Å². The molecule has 0 unspecified atom stereocenters. The Bertz CT molecular complexity index is 111. The number of piperidine rings is 1. The Morgan fingerprint density at radius 2 is 1.36 bits per heavy atom. The second-order valence-electron chi connectivity index (χ2n) is 4.26. The highest BCUT2D eigenvalue weighted by Gasteiger charge is 2.33. The zero-order valence-electron chi connectivity index (χ0n) is 8.10. The van der Waals surface area contributed by atoms with Gasteiger partial charge in [-0.3, -0.25) is 0 Å². The SMILES string of the molecule is C[C@@H]1CCC[C@H](C)[N+]1(C)C.[Cl-]. The second-order valence-corrected chi connectivity index (χ2v) is 4.26. The highest BCUT2D eigenvalue weighted by Crippen LogP contribution is 2.26. The lowest BCUT2D eigenvalue weighted by Gasteiger charge is -2.45. The van der Waals surface area contributed by atoms with E-state index >= 15 is 0 Å². The molecule has 11 heavy (non-hydrogen) atoms. The molecule has 0 aromatic carbocycles. The molecular formula is C9H20ClN. The number of nitrogens with zero attached hydrogens (tertiary/aromatic N) is 1. The molecule has 0 amide bonds. The van der Waals surface area contributed by atoms with Gasteiger partial charge in [0.05, 0.1) is 26.2 Å². The van der Waals surface area contributed by atoms with Gasteiger partial charge in [-0.15, -0.1) is 0 Å². The van der Waals surface area contributed by atoms with E-state index in [9.17, 15) is 0 Å². The summed E-state index contributed by atoms with van der Waals surface area (Å²) < 4.78 is 1.22. The van der Waals surface area contributed by atoms with Crippen molar-refractivity contribution in [3.8, 4) is 0 Å². The second kappa shape index (κ2) is 3.77. The molecule has 0 radical (unpaired) electrons. The van der Waals surface area contributed by atoms with Gasteiger partial charge in [-0.2, -0.15) is 0 Å². The van der Waals surface area contributed by atoms with Crippen molar-refractivity contribution >= 4 is 0 Å². The molecule has 1 nitrogen and oxygen atoms in total. The van der Waals surface area contributed by atoms with Crippen molar-refractivity contribution in [3.05, 3.63) is 0 Å². The predicted octanol–water partition coefficient (Wildman–Crippen LogP) is -0.972. The van der Waals surface area contributed by atoms with E-state index in [0.29, 0.717) is 0 Å². The molecule has 1 aliphatic rings. The Hall–Kier alpha value is 0.250. The molecule has 0 aromatic heterocycles. The Kier molecular flexibility index (Phi) is 3.86. The van der Waals surface area contributed by atoms with Gasteiger partial charge in [0.1, 0.15) is 0 Å². The Labute approximate surface area is 76.8 Å². The molecule has 0 aromatic rings. The van der Waals surface area contributed by atoms with E-state index in [2.05, 4.69) is 27.9 Å². The molecule has 0 N–H and O–H groups in total. The Balaban J connectivity index is 0.000001000. The number of hydrogen-bond acceptors (Lipinski definition) is 0. The maximum absolute atomic E-state index is 2.37. The van der Waals surface area contributed by atoms with E-state index in [0.717, 1.165) is 12.1 Å². The van der Waals surface area contributed by atoms with Gasteiger partial charge in [-0.05, 0) is 33.1 Å². The Morgan fingerprint density at radius 1 is 1.00 bits per heavy atom. The standard InChI is InChI=1S/C9H20N.ClH/c1-8-6-5-7-9(2)10(8,3)4;/h8-9H,5-7H2,1-4H3;1H/q+1;/p-1/t8-,9+;. The molecule has 2 atom stereocenters. The molecule has 1 fully saturated rings. The summed E-state index contributed by atoms with van der Waals surface area (Å²) >= 11 is 0. The fourth-order valence-electron chi connectivity index (χ4n) is 1.81. The molecule has 1 saturated heterocycles. The number of rotatable bonds is 0. The van der Waals surface area contributed by atoms with Crippen LogP contribution in [0.4, 0.5) is 0 Å². The van der Waals surface area contributed by atoms with E-state index in [1.54, 1.807) is 0 Å². The molecule has 0 bridgehead atoms. The van der Waals surface area contributed by atoms with Gasteiger partial charge in [0, 0.05) is 0 Å². The lowest BCUT2D eigenvalue weighted by Crippen LogP contribution is -3.00. The van der Waals surface area contributed by atoms with E-state index in [1.165, 1.54) is 23.7 Å². The van der Waals surface area contributed by atoms with Gasteiger partial charge in [0.25, 0.3) is 0 Å². The summed E-state index contributed by atoms with van der Waals surface area (Å²) in [6, 6.07) is 1.73. The van der Waals surface area contributed by atoms with Crippen molar-refractivity contribution < 1.29 is 16.9 Å². The zero-order valence-corrected chi connectivity index (χ0v) is 8.86. The summed E-state index contributed by atoms with van der Waals surface area (Å²) in [5.41, 5.74) is 0. The van der Waals surface area contributed by atoms with Crippen LogP contribution < -0.4 is 12.4 Å². The minimum Gasteiger partial charge on any atom is -1.00 e. The lowest BCUT2D eigenvalue weighted by atomic mass is 9.96. The summed E-state index contributed by atoms with van der Waals surface area (Å²) in [6.45, 7) is 4.74. The van der Waals surface area contributed by atoms with Crippen LogP contribution in [0.1, 0.15) is 33.1 Å². The van der Waals surface area contributed by atoms with Crippen LogP contribution in [-0.4, -0.2) is 30.7 Å². The van der Waals surface area contributed by atoms with Crippen molar-refractivity contribution in [2.45, 2.75) is 45.2 Å². The lowest BCUT2D eigenvalue weighted by molar-refractivity contribution is -0.940. The van der Waals surface area contributed by atoms with Crippen molar-refractivity contribution in [2.75, 3.05) is 14.1 Å². The first-order valence-electron chi connectivity index (χ1n) is 4.38. The molecule has 2 heteroatoms. The average Bonchev–Trinajstić information content (AvgIpc) is 1.84. The third-order valence-corrected chi connectivity index (χ3v) is 3.52. The average molecular weight is 178 g/mol. The molecule has 0 saturated carbocycles. The van der Waals surface area contributed by atoms with Gasteiger partial charge in [-0.25, -0.2) is 0 Å². The number of halogens is 1. The van der Waals surface area contributed by atoms with Crippen molar-refractivity contribution in [1.82, 2.24) is 0 Å². The summed E-state index contributed by atoms with van der Waals surface area (Å²) in [4.78, 5) is 0. The van der Waals surface area contributed by atoms with Crippen LogP contribution in [0.2, 0.25) is 0 Å². The van der Waals surface area contributed by atoms with Crippen LogP contribution in [0.3, 0.4) is 0 Å². The fraction of sp³-hybridized carbons (Fsp3) is 1.00. The van der Waals surface area contributed by atoms with Gasteiger partial charge < -0.3 is 16.9 Å². The van der Waals surface area contributed by atoms with Crippen LogP contribution in [0.5, 0.6) is 0 Å². The summed E-state index contributed by atoms with van der Waals surface area (Å²) in [5, 5.41) is 0. The van der Waals surface area contributed by atoms with Crippen molar-refractivity contribution in [2.24, 2.45) is 0 Å². The molecule has 1 aliphatic heterocycles. The third kappa shape index (κ3) is 2.09.